The van der Waals surface area contributed by atoms with Gasteiger partial charge in [-0.2, -0.15) is 21.2 Å². The first-order valence-corrected chi connectivity index (χ1v) is 22.0. The molecule has 1 aliphatic rings. The number of benzene rings is 7. The third-order valence-electron chi connectivity index (χ3n) is 10.4. The molecule has 9 rings (SSSR count). The van der Waals surface area contributed by atoms with E-state index in [0.29, 0.717) is 32.7 Å². The molecule has 1 aliphatic heterocycles. The van der Waals surface area contributed by atoms with Crippen LogP contribution in [0.2, 0.25) is 0 Å². The molecule has 0 spiro atoms. The molecule has 2 heterocycles. The average molecular weight is 881 g/mol. The molecule has 0 atom stereocenters. The number of aromatic nitrogens is 3. The van der Waals surface area contributed by atoms with Crippen LogP contribution in [0.1, 0.15) is 36.1 Å². The van der Waals surface area contributed by atoms with Crippen molar-refractivity contribution in [1.29, 1.82) is 0 Å². The first kappa shape index (κ1) is 42.5. The third-order valence-corrected chi connectivity index (χ3v) is 13.5. The zero-order valence-corrected chi connectivity index (χ0v) is 37.8. The van der Waals surface area contributed by atoms with E-state index in [-0.39, 0.29) is 62.1 Å². The molecular weight excluding hydrogens is 848 g/mol. The normalized spacial score (nSPS) is 13.6. The fraction of sp³-hybridized carbons (Fsp3) is 0.114. The second-order valence-electron chi connectivity index (χ2n) is 14.8. The van der Waals surface area contributed by atoms with Crippen LogP contribution in [0.3, 0.4) is 0 Å². The van der Waals surface area contributed by atoms with E-state index in [2.05, 4.69) is 9.37 Å². The van der Waals surface area contributed by atoms with E-state index in [4.69, 9.17) is 23.6 Å². The molecular formula is C44H33N4NaO9S3. The minimum atomic E-state index is -4.50. The van der Waals surface area contributed by atoms with Crippen LogP contribution < -0.4 is 43.2 Å². The van der Waals surface area contributed by atoms with Gasteiger partial charge >= 0.3 is 49.8 Å². The Morgan fingerprint density at radius 2 is 1.31 bits per heavy atom. The van der Waals surface area contributed by atoms with E-state index in [1.54, 1.807) is 54.6 Å². The summed E-state index contributed by atoms with van der Waals surface area (Å²) in [5.74, 6) is -0.383. The quantitative estimate of drug-likeness (QED) is 0.0525. The summed E-state index contributed by atoms with van der Waals surface area (Å²) in [6.07, 6.45) is 0. The van der Waals surface area contributed by atoms with Gasteiger partial charge in [0.1, 0.15) is 26.5 Å². The molecule has 13 nitrogen and oxygen atoms in total. The molecule has 17 heteroatoms. The topological polar surface area (TPSA) is 171 Å². The van der Waals surface area contributed by atoms with Crippen LogP contribution >= 0.6 is 12.0 Å². The summed E-state index contributed by atoms with van der Waals surface area (Å²) in [5, 5.41) is 26.8. The smallest absolute Gasteiger partial charge is 0.691 e. The summed E-state index contributed by atoms with van der Waals surface area (Å²) >= 11 is 0.740. The van der Waals surface area contributed by atoms with Gasteiger partial charge in [0, 0.05) is 27.3 Å². The maximum Gasteiger partial charge on any atom is 1.00 e. The Hall–Kier alpha value is -5.14. The Labute approximate surface area is 377 Å². The van der Waals surface area contributed by atoms with Crippen LogP contribution in [0.15, 0.2) is 147 Å². The van der Waals surface area contributed by atoms with Gasteiger partial charge in [-0.05, 0) is 90.2 Å². The predicted molar refractivity (Wildman–Crippen MR) is 226 cm³/mol. The Kier molecular flexibility index (Phi) is 11.4. The van der Waals surface area contributed by atoms with E-state index in [1.807, 2.05) is 64.1 Å². The van der Waals surface area contributed by atoms with E-state index >= 15 is 0 Å². The number of hydrogen-bond acceptors (Lipinski definition) is 13. The molecule has 0 saturated carbocycles. The Balaban J connectivity index is 0.00000514. The molecule has 0 amide bonds. The van der Waals surface area contributed by atoms with Gasteiger partial charge in [-0.3, -0.25) is 10.0 Å². The van der Waals surface area contributed by atoms with Gasteiger partial charge in [0.25, 0.3) is 0 Å². The van der Waals surface area contributed by atoms with Crippen molar-refractivity contribution in [2.75, 3.05) is 0 Å². The van der Waals surface area contributed by atoms with Crippen LogP contribution in [-0.4, -0.2) is 37.5 Å². The average Bonchev–Trinajstić information content (AvgIpc) is 3.78. The monoisotopic (exact) mass is 880 g/mol. The van der Waals surface area contributed by atoms with Gasteiger partial charge in [0.2, 0.25) is 0 Å². The van der Waals surface area contributed by atoms with Crippen molar-refractivity contribution in [1.82, 2.24) is 15.0 Å². The number of aliphatic imine (C=N–C) groups is 1. The molecule has 61 heavy (non-hydrogen) atoms. The second-order valence-corrected chi connectivity index (χ2v) is 18.7. The van der Waals surface area contributed by atoms with E-state index < -0.39 is 25.7 Å². The molecule has 0 fully saturated rings. The zero-order chi connectivity index (χ0) is 42.0. The van der Waals surface area contributed by atoms with Crippen molar-refractivity contribution in [2.24, 2.45) is 4.99 Å². The summed E-state index contributed by atoms with van der Waals surface area (Å²) in [5.41, 5.74) is 3.82. The van der Waals surface area contributed by atoms with Crippen molar-refractivity contribution in [2.45, 2.75) is 47.8 Å². The molecule has 0 bridgehead atoms. The van der Waals surface area contributed by atoms with Crippen LogP contribution in [0.25, 0.3) is 38.3 Å². The fourth-order valence-corrected chi connectivity index (χ4v) is 9.73. The standard InChI is InChI=1S/C44H34N4O9S3.Na/c1-26-9-16-31(17-10-26)59(50,51)54-39-25-38(48-46-37-22-14-29-23-30(58-57-56-49)15-20-34(29)42(37)47-48)40(55-60(52,53)32-18-11-27(2)12-19-32)24-35(39)43-44(3,4)41-33-8-6-5-7-28(33)13-21-36(41)45-43;/h5-25,49H,1-4H3;/q;+1/p-1. The minimum Gasteiger partial charge on any atom is -0.691 e. The van der Waals surface area contributed by atoms with Crippen molar-refractivity contribution in [3.63, 3.8) is 0 Å². The third kappa shape index (κ3) is 7.95. The van der Waals surface area contributed by atoms with Crippen LogP contribution in [-0.2, 0) is 35.0 Å². The SMILES string of the molecule is Cc1ccc(S(=O)(=O)Oc2cc(-n3nc4ccc5cc(SOO[O-])ccc5c4n3)c(OS(=O)(=O)c3ccc(C)cc3)cc2C2=Nc3ccc4ccccc4c3C2(C)C)cc1.[Na+]. The second kappa shape index (κ2) is 16.3. The number of hydrogen-bond donors (Lipinski definition) is 0. The van der Waals surface area contributed by atoms with Crippen molar-refractivity contribution in [3.05, 3.63) is 150 Å². The Morgan fingerprint density at radius 3 is 1.98 bits per heavy atom. The summed E-state index contributed by atoms with van der Waals surface area (Å²) in [4.78, 5) is 6.63. The maximum atomic E-state index is 14.1. The molecule has 302 valence electrons. The number of nitrogens with zero attached hydrogens (tertiary/aromatic N) is 4. The van der Waals surface area contributed by atoms with Gasteiger partial charge in [-0.1, -0.05) is 91.7 Å². The fourth-order valence-electron chi connectivity index (χ4n) is 7.45. The van der Waals surface area contributed by atoms with Gasteiger partial charge in [0.05, 0.1) is 23.4 Å². The number of aryl methyl sites for hydroxylation is 2. The molecule has 1 aromatic heterocycles. The van der Waals surface area contributed by atoms with E-state index in [1.165, 1.54) is 41.2 Å². The first-order chi connectivity index (χ1) is 28.7. The summed E-state index contributed by atoms with van der Waals surface area (Å²) < 4.78 is 73.0. The van der Waals surface area contributed by atoms with Crippen molar-refractivity contribution < 1.29 is 69.4 Å². The van der Waals surface area contributed by atoms with Crippen LogP contribution in [0.4, 0.5) is 5.69 Å². The number of fused-ring (bicyclic) bond motifs is 6. The zero-order valence-electron chi connectivity index (χ0n) is 33.3. The van der Waals surface area contributed by atoms with Crippen molar-refractivity contribution >= 4 is 76.3 Å². The van der Waals surface area contributed by atoms with E-state index in [9.17, 15) is 22.1 Å². The van der Waals surface area contributed by atoms with Crippen LogP contribution in [0, 0.1) is 13.8 Å². The predicted octanol–water partition coefficient (Wildman–Crippen LogP) is 5.53. The molecule has 0 radical (unpaired) electrons. The maximum absolute atomic E-state index is 14.1. The summed E-state index contributed by atoms with van der Waals surface area (Å²) in [6.45, 7) is 7.61. The number of rotatable bonds is 11. The van der Waals surface area contributed by atoms with Gasteiger partial charge in [-0.25, -0.2) is 0 Å². The largest absolute Gasteiger partial charge is 1.00 e. The molecule has 0 unspecified atom stereocenters. The minimum absolute atomic E-state index is 0. The molecule has 0 saturated heterocycles. The Bertz CT molecular complexity index is 3280. The van der Waals surface area contributed by atoms with Gasteiger partial charge in [0.15, 0.2) is 11.5 Å². The summed E-state index contributed by atoms with van der Waals surface area (Å²) in [7, 11) is -8.98. The molecule has 8 aromatic rings. The van der Waals surface area contributed by atoms with Crippen molar-refractivity contribution in [3.8, 4) is 17.2 Å². The van der Waals surface area contributed by atoms with E-state index in [0.717, 1.165) is 44.9 Å². The molecule has 7 aromatic carbocycles. The Morgan fingerprint density at radius 1 is 0.672 bits per heavy atom. The summed E-state index contributed by atoms with van der Waals surface area (Å²) in [6, 6.07) is 35.7. The molecule has 0 aliphatic carbocycles. The van der Waals surface area contributed by atoms with Crippen LogP contribution in [0.5, 0.6) is 11.5 Å². The first-order valence-electron chi connectivity index (χ1n) is 18.5. The van der Waals surface area contributed by atoms with Gasteiger partial charge < -0.3 is 13.6 Å². The molecule has 0 N–H and O–H groups in total. The van der Waals surface area contributed by atoms with Gasteiger partial charge in [-0.15, -0.1) is 15.0 Å².